The first-order chi connectivity index (χ1) is 29.5. The first-order valence-electron chi connectivity index (χ1n) is 24.3. The first-order valence-corrected chi connectivity index (χ1v) is 25.8. The van der Waals surface area contributed by atoms with Gasteiger partial charge in [0.05, 0.1) is 13.2 Å². The summed E-state index contributed by atoms with van der Waals surface area (Å²) in [5.41, 5.74) is 0. The molecule has 0 aromatic carbocycles. The molecule has 1 aliphatic carbocycles. The summed E-state index contributed by atoms with van der Waals surface area (Å²) >= 11 is 0. The number of carbonyl (C=O) groups is 1. The Balaban J connectivity index is 2.35. The van der Waals surface area contributed by atoms with E-state index in [4.69, 9.17) is 18.5 Å². The minimum atomic E-state index is -5.02. The molecule has 6 atom stereocenters. The van der Waals surface area contributed by atoms with Crippen molar-refractivity contribution in [2.45, 2.75) is 243 Å². The number of hydrogen-bond acceptors (Lipinski definition) is 11. The van der Waals surface area contributed by atoms with Gasteiger partial charge in [0.25, 0.3) is 0 Å². The van der Waals surface area contributed by atoms with Crippen LogP contribution in [0.15, 0.2) is 36.5 Å². The average Bonchev–Trinajstić information content (AvgIpc) is 3.24. The predicted octanol–water partition coefficient (Wildman–Crippen LogP) is 10.3. The maximum absolute atomic E-state index is 12.8. The lowest BCUT2D eigenvalue weighted by Crippen LogP contribution is -2.64. The summed E-state index contributed by atoms with van der Waals surface area (Å²) in [6, 6.07) is 0. The van der Waals surface area contributed by atoms with Crippen LogP contribution in [0.1, 0.15) is 200 Å². The Bertz CT molecular complexity index is 1150. The van der Waals surface area contributed by atoms with Gasteiger partial charge in [-0.2, -0.15) is 0 Å². The largest absolute Gasteiger partial charge is 0.472 e. The predicted molar refractivity (Wildman–Crippen MR) is 244 cm³/mol. The molecule has 1 rings (SSSR count). The third-order valence-electron chi connectivity index (χ3n) is 11.2. The molecule has 0 heterocycles. The van der Waals surface area contributed by atoms with Gasteiger partial charge < -0.3 is 39.9 Å². The molecule has 0 saturated heterocycles. The van der Waals surface area contributed by atoms with Crippen molar-refractivity contribution in [1.82, 2.24) is 0 Å². The molecular weight excluding hydrogens is 799 g/mol. The number of aliphatic hydroxyl groups is 5. The van der Waals surface area contributed by atoms with Crippen molar-refractivity contribution in [3.63, 3.8) is 0 Å². The Morgan fingerprint density at radius 1 is 0.525 bits per heavy atom. The van der Waals surface area contributed by atoms with Crippen LogP contribution < -0.4 is 0 Å². The maximum Gasteiger partial charge on any atom is 0.472 e. The average molecular weight is 889 g/mol. The van der Waals surface area contributed by atoms with Gasteiger partial charge in [-0.05, 0) is 70.6 Å². The summed E-state index contributed by atoms with van der Waals surface area (Å²) in [4.78, 5) is 23.2. The van der Waals surface area contributed by atoms with Crippen molar-refractivity contribution in [1.29, 1.82) is 0 Å². The number of ether oxygens (including phenoxy) is 2. The zero-order valence-electron chi connectivity index (χ0n) is 38.2. The van der Waals surface area contributed by atoms with Crippen molar-refractivity contribution in [2.75, 3.05) is 19.8 Å². The highest BCUT2D eigenvalue weighted by atomic mass is 31.2. The molecule has 1 fully saturated rings. The van der Waals surface area contributed by atoms with Crippen molar-refractivity contribution in [2.24, 2.45) is 0 Å². The molecule has 6 N–H and O–H groups in total. The fourth-order valence-corrected chi connectivity index (χ4v) is 8.29. The van der Waals surface area contributed by atoms with Gasteiger partial charge in [0.1, 0.15) is 42.7 Å². The van der Waals surface area contributed by atoms with Crippen molar-refractivity contribution < 1.29 is 58.3 Å². The molecule has 0 aliphatic heterocycles. The molecule has 12 nitrogen and oxygen atoms in total. The van der Waals surface area contributed by atoms with Crippen LogP contribution in [0.4, 0.5) is 0 Å². The van der Waals surface area contributed by atoms with Crippen LogP contribution >= 0.6 is 7.82 Å². The molecule has 0 spiro atoms. The van der Waals surface area contributed by atoms with Gasteiger partial charge in [0.2, 0.25) is 0 Å². The Labute approximate surface area is 370 Å². The van der Waals surface area contributed by atoms with Gasteiger partial charge in [0.15, 0.2) is 0 Å². The Hall–Kier alpha value is -1.44. The fourth-order valence-electron chi connectivity index (χ4n) is 7.32. The van der Waals surface area contributed by atoms with Gasteiger partial charge in [0, 0.05) is 13.0 Å². The highest BCUT2D eigenvalue weighted by molar-refractivity contribution is 7.47. The summed E-state index contributed by atoms with van der Waals surface area (Å²) in [7, 11) is -5.02. The van der Waals surface area contributed by atoms with E-state index in [0.717, 1.165) is 64.2 Å². The van der Waals surface area contributed by atoms with E-state index in [1.54, 1.807) is 0 Å². The second-order valence-corrected chi connectivity index (χ2v) is 18.4. The topological polar surface area (TPSA) is 192 Å². The highest BCUT2D eigenvalue weighted by Gasteiger charge is 2.51. The number of allylic oxidation sites excluding steroid dienone is 6. The fraction of sp³-hybridized carbons (Fsp3) is 0.854. The van der Waals surface area contributed by atoms with Gasteiger partial charge in [-0.1, -0.05) is 159 Å². The van der Waals surface area contributed by atoms with Crippen LogP contribution in [0.3, 0.4) is 0 Å². The van der Waals surface area contributed by atoms with Gasteiger partial charge in [-0.15, -0.1) is 0 Å². The van der Waals surface area contributed by atoms with E-state index in [0.29, 0.717) is 13.0 Å². The summed E-state index contributed by atoms with van der Waals surface area (Å²) in [6.45, 7) is 4.22. The molecule has 0 aromatic heterocycles. The summed E-state index contributed by atoms with van der Waals surface area (Å²) in [5, 5.41) is 50.2. The van der Waals surface area contributed by atoms with Crippen LogP contribution in [0.5, 0.6) is 0 Å². The minimum absolute atomic E-state index is 0.0818. The molecule has 1 aliphatic rings. The number of carbonyl (C=O) groups excluding carboxylic acids is 1. The van der Waals surface area contributed by atoms with Crippen LogP contribution in [0.2, 0.25) is 0 Å². The number of phosphoric acid groups is 1. The number of rotatable bonds is 41. The SMILES string of the molecule is CCCCC/C=C\CCCCCCCCOCC(COP(=O)(O)OC1C(O)C(O)C(O)C(O)C1O)OC(=O)CCCCCCCCCCC/C=C\C/C=C\CCCCCCC. The third kappa shape index (κ3) is 31.1. The van der Waals surface area contributed by atoms with Crippen LogP contribution in [-0.2, 0) is 27.9 Å². The molecule has 1 saturated carbocycles. The van der Waals surface area contributed by atoms with Crippen LogP contribution in [0, 0.1) is 0 Å². The van der Waals surface area contributed by atoms with Crippen molar-refractivity contribution >= 4 is 13.8 Å². The van der Waals surface area contributed by atoms with E-state index in [1.165, 1.54) is 109 Å². The number of esters is 1. The monoisotopic (exact) mass is 889 g/mol. The molecule has 0 aromatic rings. The summed E-state index contributed by atoms with van der Waals surface area (Å²) < 4.78 is 34.2. The molecule has 358 valence electrons. The third-order valence-corrected chi connectivity index (χ3v) is 12.2. The van der Waals surface area contributed by atoms with Gasteiger partial charge in [-0.3, -0.25) is 13.8 Å². The quantitative estimate of drug-likeness (QED) is 0.0148. The van der Waals surface area contributed by atoms with E-state index >= 15 is 0 Å². The van der Waals surface area contributed by atoms with Crippen LogP contribution in [-0.4, -0.2) is 98.9 Å². The number of unbranched alkanes of at least 4 members (excludes halogenated alkanes) is 23. The minimum Gasteiger partial charge on any atom is -0.457 e. The number of aliphatic hydroxyl groups excluding tert-OH is 5. The molecule has 13 heteroatoms. The zero-order valence-corrected chi connectivity index (χ0v) is 39.1. The molecule has 0 amide bonds. The van der Waals surface area contributed by atoms with Crippen LogP contribution in [0.25, 0.3) is 0 Å². The molecule has 61 heavy (non-hydrogen) atoms. The van der Waals surface area contributed by atoms with E-state index in [-0.39, 0.29) is 13.0 Å². The standard InChI is InChI=1S/C48H89O12P/c1-3-5-7-9-11-13-15-17-18-19-20-21-22-23-24-25-27-29-31-33-35-37-42(49)59-41(39-57-38-36-34-32-30-28-26-16-14-12-10-8-6-4-2)40-58-61(55,56)60-48-46(53)44(51)43(50)45(52)47(48)54/h12,14-15,17,19-20,41,43-48,50-54H,3-11,13,16,18,21-40H2,1-2H3,(H,55,56)/b14-12-,17-15-,20-19-. The maximum atomic E-state index is 12.8. The molecule has 6 unspecified atom stereocenters. The van der Waals surface area contributed by atoms with E-state index in [2.05, 4.69) is 50.3 Å². The summed E-state index contributed by atoms with van der Waals surface area (Å²) in [5.74, 6) is -0.483. The van der Waals surface area contributed by atoms with Gasteiger partial charge >= 0.3 is 13.8 Å². The summed E-state index contributed by atoms with van der Waals surface area (Å²) in [6.07, 6.45) is 33.5. The molecule has 0 bridgehead atoms. The lowest BCUT2D eigenvalue weighted by atomic mass is 9.85. The second-order valence-electron chi connectivity index (χ2n) is 17.0. The Morgan fingerprint density at radius 3 is 1.43 bits per heavy atom. The normalized spacial score (nSPS) is 22.4. The Kier molecular flexibility index (Phi) is 36.8. The van der Waals surface area contributed by atoms with E-state index < -0.39 is 63.1 Å². The lowest BCUT2D eigenvalue weighted by Gasteiger charge is -2.41. The second kappa shape index (κ2) is 39.0. The molecular formula is C48H89O12P. The highest BCUT2D eigenvalue weighted by Crippen LogP contribution is 2.47. The number of hydrogen-bond donors (Lipinski definition) is 6. The zero-order chi connectivity index (χ0) is 44.8. The molecule has 0 radical (unpaired) electrons. The Morgan fingerprint density at radius 2 is 0.918 bits per heavy atom. The van der Waals surface area contributed by atoms with Crippen molar-refractivity contribution in [3.8, 4) is 0 Å². The van der Waals surface area contributed by atoms with Gasteiger partial charge in [-0.25, -0.2) is 4.57 Å². The van der Waals surface area contributed by atoms with Crippen molar-refractivity contribution in [3.05, 3.63) is 36.5 Å². The van der Waals surface area contributed by atoms with E-state index in [1.807, 2.05) is 0 Å². The smallest absolute Gasteiger partial charge is 0.457 e. The lowest BCUT2D eigenvalue weighted by molar-refractivity contribution is -0.220. The van der Waals surface area contributed by atoms with E-state index in [9.17, 15) is 39.8 Å². The number of phosphoric ester groups is 1. The first kappa shape index (κ1) is 57.6.